The second kappa shape index (κ2) is 6.51. The van der Waals surface area contributed by atoms with E-state index >= 15 is 0 Å². The quantitative estimate of drug-likeness (QED) is 0.886. The Balaban J connectivity index is 2.19. The Morgan fingerprint density at radius 1 is 1.42 bits per heavy atom. The van der Waals surface area contributed by atoms with E-state index in [4.69, 9.17) is 10.5 Å². The van der Waals surface area contributed by atoms with Crippen LogP contribution in [-0.2, 0) is 11.3 Å². The van der Waals surface area contributed by atoms with Crippen molar-refractivity contribution in [3.8, 4) is 0 Å². The maximum atomic E-state index is 6.04. The first-order valence-corrected chi connectivity index (χ1v) is 7.19. The van der Waals surface area contributed by atoms with Gasteiger partial charge < -0.3 is 10.5 Å². The van der Waals surface area contributed by atoms with Crippen LogP contribution in [0.1, 0.15) is 37.4 Å². The highest BCUT2D eigenvalue weighted by atomic mass is 16.5. The highest BCUT2D eigenvalue weighted by Gasteiger charge is 2.31. The van der Waals surface area contributed by atoms with Crippen molar-refractivity contribution in [3.05, 3.63) is 35.4 Å². The van der Waals surface area contributed by atoms with E-state index in [0.717, 1.165) is 12.5 Å². The molecule has 2 N–H and O–H groups in total. The van der Waals surface area contributed by atoms with Gasteiger partial charge in [-0.2, -0.15) is 0 Å². The highest BCUT2D eigenvalue weighted by Crippen LogP contribution is 2.31. The van der Waals surface area contributed by atoms with Gasteiger partial charge in [0, 0.05) is 32.3 Å². The van der Waals surface area contributed by atoms with Crippen molar-refractivity contribution in [2.75, 3.05) is 20.2 Å². The first-order valence-electron chi connectivity index (χ1n) is 7.19. The van der Waals surface area contributed by atoms with Gasteiger partial charge in [0.1, 0.15) is 0 Å². The molecule has 0 aromatic heterocycles. The number of hydrogen-bond donors (Lipinski definition) is 1. The fraction of sp³-hybridized carbons (Fsp3) is 0.625. The summed E-state index contributed by atoms with van der Waals surface area (Å²) in [7, 11) is 1.73. The lowest BCUT2D eigenvalue weighted by Gasteiger charge is -2.31. The number of nitrogens with two attached hydrogens (primary N) is 1. The maximum absolute atomic E-state index is 6.04. The number of benzene rings is 1. The number of likely N-dealkylation sites (tertiary alicyclic amines) is 1. The zero-order valence-electron chi connectivity index (χ0n) is 12.3. The molecular formula is C16H26N2O. The third kappa shape index (κ3) is 3.35. The molecule has 0 bridgehead atoms. The van der Waals surface area contributed by atoms with Crippen LogP contribution in [0.15, 0.2) is 24.3 Å². The van der Waals surface area contributed by atoms with Gasteiger partial charge in [0.2, 0.25) is 0 Å². The molecule has 1 aromatic rings. The molecule has 19 heavy (non-hydrogen) atoms. The molecule has 106 valence electrons. The molecule has 1 heterocycles. The third-order valence-electron chi connectivity index (χ3n) is 4.10. The molecule has 2 rings (SSSR count). The van der Waals surface area contributed by atoms with E-state index in [2.05, 4.69) is 43.0 Å². The van der Waals surface area contributed by atoms with E-state index in [1.54, 1.807) is 7.11 Å². The Morgan fingerprint density at radius 3 is 2.79 bits per heavy atom. The Labute approximate surface area is 116 Å². The zero-order valence-corrected chi connectivity index (χ0v) is 12.3. The van der Waals surface area contributed by atoms with Crippen molar-refractivity contribution in [3.63, 3.8) is 0 Å². The molecule has 3 unspecified atom stereocenters. The molecule has 0 saturated carbocycles. The summed E-state index contributed by atoms with van der Waals surface area (Å²) < 4.78 is 5.22. The van der Waals surface area contributed by atoms with Crippen LogP contribution < -0.4 is 5.73 Å². The summed E-state index contributed by atoms with van der Waals surface area (Å²) in [5.41, 5.74) is 8.58. The topological polar surface area (TPSA) is 38.5 Å². The minimum Gasteiger partial charge on any atom is -0.380 e. The Bertz CT molecular complexity index is 407. The van der Waals surface area contributed by atoms with Crippen LogP contribution in [0, 0.1) is 5.92 Å². The molecule has 0 aliphatic carbocycles. The number of rotatable bonds is 5. The van der Waals surface area contributed by atoms with E-state index in [0.29, 0.717) is 25.2 Å². The average molecular weight is 262 g/mol. The van der Waals surface area contributed by atoms with E-state index in [9.17, 15) is 0 Å². The number of nitrogens with zero attached hydrogens (tertiary/aromatic N) is 1. The molecule has 1 aromatic carbocycles. The van der Waals surface area contributed by atoms with Gasteiger partial charge in [-0.1, -0.05) is 31.2 Å². The Hall–Kier alpha value is -0.900. The lowest BCUT2D eigenvalue weighted by Crippen LogP contribution is -2.36. The monoisotopic (exact) mass is 262 g/mol. The molecule has 3 nitrogen and oxygen atoms in total. The number of hydrogen-bond acceptors (Lipinski definition) is 3. The molecular weight excluding hydrogens is 236 g/mol. The fourth-order valence-corrected chi connectivity index (χ4v) is 3.29. The van der Waals surface area contributed by atoms with Crippen molar-refractivity contribution < 1.29 is 4.74 Å². The van der Waals surface area contributed by atoms with Crippen molar-refractivity contribution in [1.29, 1.82) is 0 Å². The Morgan fingerprint density at radius 2 is 2.21 bits per heavy atom. The fourth-order valence-electron chi connectivity index (χ4n) is 3.29. The number of ether oxygens (including phenoxy) is 1. The summed E-state index contributed by atoms with van der Waals surface area (Å²) in [5, 5.41) is 0. The molecule has 0 spiro atoms. The SMILES string of the molecule is COCc1cccc(C(CN)N2CC(C)CC2C)c1. The summed E-state index contributed by atoms with van der Waals surface area (Å²) >= 11 is 0. The second-order valence-electron chi connectivity index (χ2n) is 5.82. The van der Waals surface area contributed by atoms with Crippen molar-refractivity contribution >= 4 is 0 Å². The van der Waals surface area contributed by atoms with Crippen LogP contribution >= 0.6 is 0 Å². The lowest BCUT2D eigenvalue weighted by atomic mass is 10.0. The summed E-state index contributed by atoms with van der Waals surface area (Å²) in [5.74, 6) is 0.770. The van der Waals surface area contributed by atoms with Gasteiger partial charge in [0.25, 0.3) is 0 Å². The van der Waals surface area contributed by atoms with Crippen LogP contribution in [0.3, 0.4) is 0 Å². The predicted molar refractivity (Wildman–Crippen MR) is 78.9 cm³/mol. The summed E-state index contributed by atoms with van der Waals surface area (Å²) in [6.45, 7) is 7.12. The van der Waals surface area contributed by atoms with Gasteiger partial charge in [0.05, 0.1) is 6.61 Å². The van der Waals surface area contributed by atoms with E-state index in [1.807, 2.05) is 0 Å². The van der Waals surface area contributed by atoms with Gasteiger partial charge >= 0.3 is 0 Å². The molecule has 1 saturated heterocycles. The first kappa shape index (κ1) is 14.5. The van der Waals surface area contributed by atoms with Crippen LogP contribution in [0.5, 0.6) is 0 Å². The molecule has 0 radical (unpaired) electrons. The second-order valence-corrected chi connectivity index (χ2v) is 5.82. The molecule has 1 fully saturated rings. The van der Waals surface area contributed by atoms with Crippen molar-refractivity contribution in [1.82, 2.24) is 4.90 Å². The number of methoxy groups -OCH3 is 1. The molecule has 3 atom stereocenters. The predicted octanol–water partition coefficient (Wildman–Crippen LogP) is 2.56. The molecule has 1 aliphatic rings. The van der Waals surface area contributed by atoms with Gasteiger partial charge in [-0.05, 0) is 30.4 Å². The van der Waals surface area contributed by atoms with Gasteiger partial charge in [-0.3, -0.25) is 4.90 Å². The highest BCUT2D eigenvalue weighted by molar-refractivity contribution is 5.26. The van der Waals surface area contributed by atoms with Crippen LogP contribution in [0.2, 0.25) is 0 Å². The first-order chi connectivity index (χ1) is 9.15. The van der Waals surface area contributed by atoms with Crippen molar-refractivity contribution in [2.24, 2.45) is 11.7 Å². The molecule has 3 heteroatoms. The van der Waals surface area contributed by atoms with Gasteiger partial charge in [-0.25, -0.2) is 0 Å². The van der Waals surface area contributed by atoms with Gasteiger partial charge in [-0.15, -0.1) is 0 Å². The van der Waals surface area contributed by atoms with E-state index in [1.165, 1.54) is 17.5 Å². The van der Waals surface area contributed by atoms with E-state index < -0.39 is 0 Å². The largest absolute Gasteiger partial charge is 0.380 e. The lowest BCUT2D eigenvalue weighted by molar-refractivity contribution is 0.182. The standard InChI is InChI=1S/C16H26N2O/c1-12-7-13(2)18(10-12)16(9-17)15-6-4-5-14(8-15)11-19-3/h4-6,8,12-13,16H,7,9-11,17H2,1-3H3. The summed E-state index contributed by atoms with van der Waals surface area (Å²) in [6.07, 6.45) is 1.27. The summed E-state index contributed by atoms with van der Waals surface area (Å²) in [4.78, 5) is 2.55. The molecule has 1 aliphatic heterocycles. The van der Waals surface area contributed by atoms with Crippen LogP contribution in [-0.4, -0.2) is 31.1 Å². The van der Waals surface area contributed by atoms with Crippen LogP contribution in [0.4, 0.5) is 0 Å². The smallest absolute Gasteiger partial charge is 0.0713 e. The molecule has 0 amide bonds. The minimum absolute atomic E-state index is 0.330. The van der Waals surface area contributed by atoms with E-state index in [-0.39, 0.29) is 0 Å². The maximum Gasteiger partial charge on any atom is 0.0713 e. The summed E-state index contributed by atoms with van der Waals surface area (Å²) in [6, 6.07) is 9.59. The zero-order chi connectivity index (χ0) is 13.8. The van der Waals surface area contributed by atoms with Gasteiger partial charge in [0.15, 0.2) is 0 Å². The minimum atomic E-state index is 0.330. The normalized spacial score (nSPS) is 25.7. The third-order valence-corrected chi connectivity index (χ3v) is 4.10. The Kier molecular flexibility index (Phi) is 4.97. The average Bonchev–Trinajstić information content (AvgIpc) is 2.71. The van der Waals surface area contributed by atoms with Crippen molar-refractivity contribution in [2.45, 2.75) is 39.0 Å². The van der Waals surface area contributed by atoms with Crippen LogP contribution in [0.25, 0.3) is 0 Å².